The molecule has 1 heterocycles. The molecule has 0 aliphatic heterocycles. The molecule has 0 atom stereocenters. The minimum absolute atomic E-state index is 0.0978. The zero-order valence-corrected chi connectivity index (χ0v) is 13.2. The standard InChI is InChI=1S/C17H14F2N4O2/c1-10-13(22-23(21-10)11-5-3-2-4-6-11)9-25-14-8-7-12(18)15(16(14)19)17(20)24/h2-8H,9H2,1H3,(H2,20,24). The quantitative estimate of drug-likeness (QED) is 0.771. The Bertz CT molecular complexity index is 926. The van der Waals surface area contributed by atoms with Crippen molar-refractivity contribution in [1.82, 2.24) is 15.0 Å². The van der Waals surface area contributed by atoms with Gasteiger partial charge in [-0.05, 0) is 31.2 Å². The zero-order valence-electron chi connectivity index (χ0n) is 13.2. The van der Waals surface area contributed by atoms with Gasteiger partial charge in [0.15, 0.2) is 11.6 Å². The molecule has 0 aliphatic rings. The summed E-state index contributed by atoms with van der Waals surface area (Å²) < 4.78 is 33.0. The van der Waals surface area contributed by atoms with E-state index in [9.17, 15) is 13.6 Å². The summed E-state index contributed by atoms with van der Waals surface area (Å²) in [5, 5.41) is 8.57. The summed E-state index contributed by atoms with van der Waals surface area (Å²) in [4.78, 5) is 12.6. The normalized spacial score (nSPS) is 10.7. The fourth-order valence-electron chi connectivity index (χ4n) is 2.24. The van der Waals surface area contributed by atoms with Crippen LogP contribution < -0.4 is 10.5 Å². The van der Waals surface area contributed by atoms with Crippen molar-refractivity contribution in [2.75, 3.05) is 0 Å². The lowest BCUT2D eigenvalue weighted by Crippen LogP contribution is -2.16. The van der Waals surface area contributed by atoms with Gasteiger partial charge < -0.3 is 10.5 Å². The molecule has 0 fully saturated rings. The molecule has 6 nitrogen and oxygen atoms in total. The van der Waals surface area contributed by atoms with Gasteiger partial charge in [0.25, 0.3) is 5.91 Å². The molecule has 0 spiro atoms. The molecule has 0 saturated heterocycles. The third-order valence-corrected chi connectivity index (χ3v) is 3.53. The Hall–Kier alpha value is -3.29. The Morgan fingerprint density at radius 3 is 2.56 bits per heavy atom. The van der Waals surface area contributed by atoms with Gasteiger partial charge in [0.1, 0.15) is 23.7 Å². The monoisotopic (exact) mass is 344 g/mol. The van der Waals surface area contributed by atoms with Crippen molar-refractivity contribution in [2.24, 2.45) is 5.73 Å². The molecule has 0 aliphatic carbocycles. The summed E-state index contributed by atoms with van der Waals surface area (Å²) in [6.45, 7) is 1.64. The van der Waals surface area contributed by atoms with Gasteiger partial charge >= 0.3 is 0 Å². The van der Waals surface area contributed by atoms with E-state index in [-0.39, 0.29) is 12.4 Å². The van der Waals surface area contributed by atoms with Crippen molar-refractivity contribution in [3.8, 4) is 11.4 Å². The topological polar surface area (TPSA) is 83.0 Å². The summed E-state index contributed by atoms with van der Waals surface area (Å²) in [7, 11) is 0. The maximum atomic E-state index is 14.2. The number of ether oxygens (including phenoxy) is 1. The molecule has 0 unspecified atom stereocenters. The van der Waals surface area contributed by atoms with Crippen LogP contribution in [0.15, 0.2) is 42.5 Å². The summed E-state index contributed by atoms with van der Waals surface area (Å²) >= 11 is 0. The molecule has 128 valence electrons. The fraction of sp³-hybridized carbons (Fsp3) is 0.118. The zero-order chi connectivity index (χ0) is 18.0. The molecule has 2 N–H and O–H groups in total. The van der Waals surface area contributed by atoms with Crippen molar-refractivity contribution in [3.05, 3.63) is 71.1 Å². The Kier molecular flexibility index (Phi) is 4.42. The van der Waals surface area contributed by atoms with Gasteiger partial charge in [-0.2, -0.15) is 9.90 Å². The third-order valence-electron chi connectivity index (χ3n) is 3.53. The van der Waals surface area contributed by atoms with Crippen LogP contribution in [-0.2, 0) is 6.61 Å². The number of halogens is 2. The number of hydrogen-bond donors (Lipinski definition) is 1. The van der Waals surface area contributed by atoms with Crippen molar-refractivity contribution >= 4 is 5.91 Å². The van der Waals surface area contributed by atoms with E-state index in [1.54, 1.807) is 6.92 Å². The Morgan fingerprint density at radius 1 is 1.16 bits per heavy atom. The van der Waals surface area contributed by atoms with E-state index in [1.807, 2.05) is 30.3 Å². The minimum atomic E-state index is -1.20. The molecule has 25 heavy (non-hydrogen) atoms. The molecule has 0 bridgehead atoms. The molecule has 3 rings (SSSR count). The molecular weight excluding hydrogens is 330 g/mol. The van der Waals surface area contributed by atoms with Crippen molar-refractivity contribution in [3.63, 3.8) is 0 Å². The third kappa shape index (κ3) is 3.32. The number of primary amides is 1. The highest BCUT2D eigenvalue weighted by molar-refractivity contribution is 5.93. The number of aromatic nitrogens is 3. The number of nitrogens with two attached hydrogens (primary N) is 1. The highest BCUT2D eigenvalue weighted by Crippen LogP contribution is 2.24. The Balaban J connectivity index is 1.82. The van der Waals surface area contributed by atoms with Crippen LogP contribution in [0.2, 0.25) is 0 Å². The van der Waals surface area contributed by atoms with Crippen LogP contribution in [0, 0.1) is 18.6 Å². The van der Waals surface area contributed by atoms with E-state index in [2.05, 4.69) is 10.2 Å². The van der Waals surface area contributed by atoms with E-state index >= 15 is 0 Å². The van der Waals surface area contributed by atoms with Crippen molar-refractivity contribution in [1.29, 1.82) is 0 Å². The second-order valence-electron chi connectivity index (χ2n) is 5.24. The summed E-state index contributed by atoms with van der Waals surface area (Å²) in [6.07, 6.45) is 0. The number of benzene rings is 2. The van der Waals surface area contributed by atoms with Gasteiger partial charge in [-0.25, -0.2) is 8.78 Å². The number of amides is 1. The SMILES string of the molecule is Cc1nn(-c2ccccc2)nc1COc1ccc(F)c(C(N)=O)c1F. The van der Waals surface area contributed by atoms with Crippen LogP contribution in [0.1, 0.15) is 21.7 Å². The summed E-state index contributed by atoms with van der Waals surface area (Å²) in [6, 6.07) is 11.3. The Morgan fingerprint density at radius 2 is 1.88 bits per heavy atom. The van der Waals surface area contributed by atoms with E-state index < -0.39 is 23.1 Å². The molecule has 0 saturated carbocycles. The number of rotatable bonds is 5. The number of nitrogens with zero attached hydrogens (tertiary/aromatic N) is 3. The lowest BCUT2D eigenvalue weighted by atomic mass is 10.1. The number of carbonyl (C=O) groups is 1. The second kappa shape index (κ2) is 6.68. The predicted octanol–water partition coefficient (Wildman–Crippen LogP) is 2.53. The average molecular weight is 344 g/mol. The van der Waals surface area contributed by atoms with E-state index in [0.717, 1.165) is 17.8 Å². The summed E-state index contributed by atoms with van der Waals surface area (Å²) in [5.41, 5.74) is 6.00. The first-order valence-corrected chi connectivity index (χ1v) is 7.36. The van der Waals surface area contributed by atoms with Crippen LogP contribution in [0.4, 0.5) is 8.78 Å². The van der Waals surface area contributed by atoms with Crippen LogP contribution in [0.25, 0.3) is 5.69 Å². The molecule has 1 amide bonds. The van der Waals surface area contributed by atoms with Crippen LogP contribution >= 0.6 is 0 Å². The number of hydrogen-bond acceptors (Lipinski definition) is 4. The number of para-hydroxylation sites is 1. The first-order valence-electron chi connectivity index (χ1n) is 7.36. The van der Waals surface area contributed by atoms with Crippen molar-refractivity contribution < 1.29 is 18.3 Å². The molecule has 3 aromatic rings. The predicted molar refractivity (Wildman–Crippen MR) is 85.3 cm³/mol. The maximum absolute atomic E-state index is 14.2. The lowest BCUT2D eigenvalue weighted by Gasteiger charge is -2.08. The minimum Gasteiger partial charge on any atom is -0.484 e. The fourth-order valence-corrected chi connectivity index (χ4v) is 2.24. The highest BCUT2D eigenvalue weighted by Gasteiger charge is 2.20. The molecular formula is C17H14F2N4O2. The van der Waals surface area contributed by atoms with Crippen LogP contribution in [0.3, 0.4) is 0 Å². The highest BCUT2D eigenvalue weighted by atomic mass is 19.1. The van der Waals surface area contributed by atoms with Gasteiger partial charge in [-0.15, -0.1) is 5.10 Å². The number of carbonyl (C=O) groups excluding carboxylic acids is 1. The van der Waals surface area contributed by atoms with Gasteiger partial charge in [0, 0.05) is 0 Å². The molecule has 8 heteroatoms. The van der Waals surface area contributed by atoms with Gasteiger partial charge in [-0.3, -0.25) is 4.79 Å². The first-order chi connectivity index (χ1) is 12.0. The van der Waals surface area contributed by atoms with Gasteiger partial charge in [-0.1, -0.05) is 18.2 Å². The largest absolute Gasteiger partial charge is 0.484 e. The molecule has 0 radical (unpaired) electrons. The number of aryl methyl sites for hydroxylation is 1. The van der Waals surface area contributed by atoms with Gasteiger partial charge in [0.05, 0.1) is 11.4 Å². The first kappa shape index (κ1) is 16.6. The van der Waals surface area contributed by atoms with Crippen molar-refractivity contribution in [2.45, 2.75) is 13.5 Å². The van der Waals surface area contributed by atoms with Crippen LogP contribution in [0.5, 0.6) is 5.75 Å². The van der Waals surface area contributed by atoms with E-state index in [1.165, 1.54) is 4.80 Å². The molecule has 1 aromatic heterocycles. The maximum Gasteiger partial charge on any atom is 0.254 e. The average Bonchev–Trinajstić information content (AvgIpc) is 2.96. The summed E-state index contributed by atoms with van der Waals surface area (Å²) in [5.74, 6) is -3.67. The molecule has 2 aromatic carbocycles. The second-order valence-corrected chi connectivity index (χ2v) is 5.24. The Labute approximate surface area is 141 Å². The smallest absolute Gasteiger partial charge is 0.254 e. The van der Waals surface area contributed by atoms with Gasteiger partial charge in [0.2, 0.25) is 0 Å². The van der Waals surface area contributed by atoms with E-state index in [0.29, 0.717) is 11.4 Å². The van der Waals surface area contributed by atoms with E-state index in [4.69, 9.17) is 10.5 Å². The lowest BCUT2D eigenvalue weighted by molar-refractivity contribution is 0.0991. The van der Waals surface area contributed by atoms with Crippen LogP contribution in [-0.4, -0.2) is 20.9 Å².